The first-order valence-electron chi connectivity index (χ1n) is 7.29. The molecular formula is C18H21F3. The minimum atomic E-state index is -4.27. The van der Waals surface area contributed by atoms with Crippen LogP contribution in [0.5, 0.6) is 0 Å². The Hall–Kier alpha value is -1.51. The van der Waals surface area contributed by atoms with Crippen molar-refractivity contribution in [3.05, 3.63) is 52.6 Å². The van der Waals surface area contributed by atoms with E-state index in [1.54, 1.807) is 12.1 Å². The van der Waals surface area contributed by atoms with E-state index in [-0.39, 0.29) is 0 Å². The summed E-state index contributed by atoms with van der Waals surface area (Å²) in [4.78, 5) is 0. The molecule has 0 fully saturated rings. The Kier molecular flexibility index (Phi) is 4.31. The number of rotatable bonds is 2. The first-order valence-corrected chi connectivity index (χ1v) is 7.29. The van der Waals surface area contributed by atoms with E-state index in [9.17, 15) is 13.2 Å². The van der Waals surface area contributed by atoms with Crippen LogP contribution in [-0.2, 0) is 6.18 Å². The summed E-state index contributed by atoms with van der Waals surface area (Å²) in [5, 5.41) is 0. The molecule has 0 radical (unpaired) electrons. The molecular weight excluding hydrogens is 273 g/mol. The van der Waals surface area contributed by atoms with Gasteiger partial charge in [0.15, 0.2) is 0 Å². The van der Waals surface area contributed by atoms with E-state index in [1.165, 1.54) is 23.3 Å². The van der Waals surface area contributed by atoms with Crippen LogP contribution in [0, 0.1) is 11.8 Å². The van der Waals surface area contributed by atoms with Gasteiger partial charge in [-0.25, -0.2) is 0 Å². The maximum Gasteiger partial charge on any atom is 0.416 e. The Balaban J connectivity index is 2.36. The molecule has 1 aliphatic carbocycles. The molecule has 0 N–H and O–H groups in total. The normalized spacial score (nSPS) is 20.0. The predicted octanol–water partition coefficient (Wildman–Crippen LogP) is 6.10. The van der Waals surface area contributed by atoms with Crippen molar-refractivity contribution in [2.45, 2.75) is 40.3 Å². The van der Waals surface area contributed by atoms with Crippen LogP contribution in [0.25, 0.3) is 5.57 Å². The monoisotopic (exact) mass is 294 g/mol. The summed E-state index contributed by atoms with van der Waals surface area (Å²) < 4.78 is 37.9. The molecule has 0 aromatic heterocycles. The van der Waals surface area contributed by atoms with E-state index in [4.69, 9.17) is 0 Å². The molecule has 0 nitrogen and oxygen atoms in total. The highest BCUT2D eigenvalue weighted by molar-refractivity contribution is 5.71. The average molecular weight is 294 g/mol. The smallest absolute Gasteiger partial charge is 0.166 e. The van der Waals surface area contributed by atoms with Gasteiger partial charge >= 0.3 is 6.18 Å². The number of alkyl halides is 3. The van der Waals surface area contributed by atoms with Gasteiger partial charge in [-0.3, -0.25) is 0 Å². The van der Waals surface area contributed by atoms with Crippen molar-refractivity contribution >= 4 is 5.57 Å². The van der Waals surface area contributed by atoms with Gasteiger partial charge in [0.25, 0.3) is 0 Å². The van der Waals surface area contributed by atoms with Crippen molar-refractivity contribution < 1.29 is 13.2 Å². The Morgan fingerprint density at radius 2 is 1.67 bits per heavy atom. The molecule has 2 rings (SSSR count). The van der Waals surface area contributed by atoms with Crippen LogP contribution in [0.3, 0.4) is 0 Å². The summed E-state index contributed by atoms with van der Waals surface area (Å²) in [6.45, 7) is 8.63. The molecule has 3 heteroatoms. The molecule has 1 unspecified atom stereocenters. The van der Waals surface area contributed by atoms with Gasteiger partial charge in [0.1, 0.15) is 0 Å². The van der Waals surface area contributed by atoms with E-state index in [2.05, 4.69) is 33.8 Å². The van der Waals surface area contributed by atoms with E-state index in [0.717, 1.165) is 17.6 Å². The van der Waals surface area contributed by atoms with Gasteiger partial charge in [-0.1, -0.05) is 44.6 Å². The molecule has 1 aliphatic rings. The maximum atomic E-state index is 12.6. The molecule has 0 bridgehead atoms. The molecule has 0 heterocycles. The summed E-state index contributed by atoms with van der Waals surface area (Å²) in [5.74, 6) is 0.863. The zero-order valence-electron chi connectivity index (χ0n) is 12.9. The van der Waals surface area contributed by atoms with Gasteiger partial charge in [0, 0.05) is 0 Å². The summed E-state index contributed by atoms with van der Waals surface area (Å²) >= 11 is 0. The summed E-state index contributed by atoms with van der Waals surface area (Å²) in [7, 11) is 0. The molecule has 1 aromatic rings. The fourth-order valence-electron chi connectivity index (χ4n) is 2.82. The third-order valence-electron chi connectivity index (χ3n) is 4.26. The summed E-state index contributed by atoms with van der Waals surface area (Å²) in [6, 6.07) is 5.50. The number of benzene rings is 1. The molecule has 0 saturated carbocycles. The molecule has 21 heavy (non-hydrogen) atoms. The lowest BCUT2D eigenvalue weighted by Crippen LogP contribution is -2.10. The van der Waals surface area contributed by atoms with Crippen molar-refractivity contribution in [1.82, 2.24) is 0 Å². The lowest BCUT2D eigenvalue weighted by atomic mass is 9.79. The van der Waals surface area contributed by atoms with Gasteiger partial charge in [-0.05, 0) is 54.0 Å². The summed E-state index contributed by atoms with van der Waals surface area (Å²) in [6.07, 6.45) is -1.23. The number of allylic oxidation sites excluding steroid dienone is 4. The molecule has 114 valence electrons. The number of halogens is 3. The first kappa shape index (κ1) is 15.9. The van der Waals surface area contributed by atoms with Crippen LogP contribution >= 0.6 is 0 Å². The molecule has 0 spiro atoms. The third kappa shape index (κ3) is 3.39. The van der Waals surface area contributed by atoms with Crippen LogP contribution in [-0.4, -0.2) is 0 Å². The first-order chi connectivity index (χ1) is 9.70. The van der Waals surface area contributed by atoms with Crippen molar-refractivity contribution in [2.75, 3.05) is 0 Å². The topological polar surface area (TPSA) is 0 Å². The van der Waals surface area contributed by atoms with Crippen molar-refractivity contribution in [3.8, 4) is 0 Å². The standard InChI is InChI=1S/C18H21F3/c1-11(2)17-10-15(9-12(3)13(17)4)14-5-7-16(8-6-14)18(19,20)21/h5-8,10-12H,9H2,1-4H3. The van der Waals surface area contributed by atoms with Gasteiger partial charge in [-0.2, -0.15) is 13.2 Å². The highest BCUT2D eigenvalue weighted by Gasteiger charge is 2.30. The van der Waals surface area contributed by atoms with Crippen LogP contribution < -0.4 is 0 Å². The van der Waals surface area contributed by atoms with E-state index in [0.29, 0.717) is 11.8 Å². The van der Waals surface area contributed by atoms with E-state index >= 15 is 0 Å². The zero-order valence-corrected chi connectivity index (χ0v) is 12.9. The van der Waals surface area contributed by atoms with Gasteiger partial charge < -0.3 is 0 Å². The minimum Gasteiger partial charge on any atom is -0.166 e. The fourth-order valence-corrected chi connectivity index (χ4v) is 2.82. The van der Waals surface area contributed by atoms with Crippen molar-refractivity contribution in [2.24, 2.45) is 11.8 Å². The quantitative estimate of drug-likeness (QED) is 0.618. The highest BCUT2D eigenvalue weighted by Crippen LogP contribution is 2.38. The van der Waals surface area contributed by atoms with Gasteiger partial charge in [0.2, 0.25) is 0 Å². The lowest BCUT2D eigenvalue weighted by molar-refractivity contribution is -0.137. The molecule has 1 aromatic carbocycles. The van der Waals surface area contributed by atoms with Crippen LogP contribution in [0.1, 0.15) is 45.2 Å². The SMILES string of the molecule is CC1=C(C(C)C)C=C(c2ccc(C(F)(F)F)cc2)CC1C. The van der Waals surface area contributed by atoms with E-state index < -0.39 is 11.7 Å². The van der Waals surface area contributed by atoms with Crippen molar-refractivity contribution in [3.63, 3.8) is 0 Å². The molecule has 0 aliphatic heterocycles. The fraction of sp³-hybridized carbons (Fsp3) is 0.444. The molecule has 0 saturated heterocycles. The van der Waals surface area contributed by atoms with E-state index in [1.807, 2.05) is 0 Å². The minimum absolute atomic E-state index is 0.428. The van der Waals surface area contributed by atoms with Crippen LogP contribution in [0.2, 0.25) is 0 Å². The Bertz CT molecular complexity index is 571. The highest BCUT2D eigenvalue weighted by atomic mass is 19.4. The lowest BCUT2D eigenvalue weighted by Gasteiger charge is -2.26. The second-order valence-electron chi connectivity index (χ2n) is 6.14. The number of hydrogen-bond donors (Lipinski definition) is 0. The second kappa shape index (κ2) is 5.70. The zero-order chi connectivity index (χ0) is 15.8. The Labute approximate surface area is 124 Å². The third-order valence-corrected chi connectivity index (χ3v) is 4.26. The maximum absolute atomic E-state index is 12.6. The summed E-state index contributed by atoms with van der Waals surface area (Å²) in [5.41, 5.74) is 4.13. The Morgan fingerprint density at radius 3 is 2.14 bits per heavy atom. The van der Waals surface area contributed by atoms with Crippen molar-refractivity contribution in [1.29, 1.82) is 0 Å². The predicted molar refractivity (Wildman–Crippen MR) is 80.7 cm³/mol. The van der Waals surface area contributed by atoms with Gasteiger partial charge in [-0.15, -0.1) is 0 Å². The second-order valence-corrected chi connectivity index (χ2v) is 6.14. The molecule has 0 amide bonds. The largest absolute Gasteiger partial charge is 0.416 e. The Morgan fingerprint density at radius 1 is 1.10 bits per heavy atom. The van der Waals surface area contributed by atoms with Crippen LogP contribution in [0.15, 0.2) is 41.5 Å². The van der Waals surface area contributed by atoms with Gasteiger partial charge in [0.05, 0.1) is 5.56 Å². The molecule has 1 atom stereocenters. The van der Waals surface area contributed by atoms with Crippen LogP contribution in [0.4, 0.5) is 13.2 Å². The average Bonchev–Trinajstić information content (AvgIpc) is 2.40. The number of hydrogen-bond acceptors (Lipinski definition) is 0.